The molecular formula is C10H20N2S. The van der Waals surface area contributed by atoms with Gasteiger partial charge in [-0.2, -0.15) is 11.8 Å². The number of nitrogens with one attached hydrogen (secondary N) is 1. The van der Waals surface area contributed by atoms with E-state index in [2.05, 4.69) is 28.9 Å². The summed E-state index contributed by atoms with van der Waals surface area (Å²) >= 11 is 2.14. The molecule has 0 amide bonds. The summed E-state index contributed by atoms with van der Waals surface area (Å²) in [7, 11) is 0. The van der Waals surface area contributed by atoms with Crippen LogP contribution >= 0.6 is 11.8 Å². The van der Waals surface area contributed by atoms with E-state index in [1.807, 2.05) is 0 Å². The molecule has 2 aliphatic rings. The van der Waals surface area contributed by atoms with Crippen molar-refractivity contribution in [3.8, 4) is 0 Å². The summed E-state index contributed by atoms with van der Waals surface area (Å²) in [5, 5.41) is 3.50. The SMILES string of the molecule is C[C@H]1CN([C@@H]2CCCSC2)CCN1. The fourth-order valence-corrected chi connectivity index (χ4v) is 3.49. The fraction of sp³-hybridized carbons (Fsp3) is 1.00. The fourth-order valence-electron chi connectivity index (χ4n) is 2.31. The Morgan fingerprint density at radius 2 is 2.38 bits per heavy atom. The van der Waals surface area contributed by atoms with Gasteiger partial charge < -0.3 is 5.32 Å². The van der Waals surface area contributed by atoms with Crippen molar-refractivity contribution >= 4 is 11.8 Å². The van der Waals surface area contributed by atoms with Gasteiger partial charge in [-0.05, 0) is 25.5 Å². The maximum atomic E-state index is 3.50. The van der Waals surface area contributed by atoms with Crippen molar-refractivity contribution in [2.45, 2.75) is 31.8 Å². The van der Waals surface area contributed by atoms with Crippen LogP contribution in [0.15, 0.2) is 0 Å². The van der Waals surface area contributed by atoms with E-state index in [4.69, 9.17) is 0 Å². The summed E-state index contributed by atoms with van der Waals surface area (Å²) in [5.41, 5.74) is 0. The minimum absolute atomic E-state index is 0.695. The van der Waals surface area contributed by atoms with Crippen LogP contribution in [0, 0.1) is 0 Å². The average Bonchev–Trinajstić information content (AvgIpc) is 2.19. The second-order valence-electron chi connectivity index (χ2n) is 4.22. The summed E-state index contributed by atoms with van der Waals surface area (Å²) in [6, 6.07) is 1.57. The zero-order valence-corrected chi connectivity index (χ0v) is 9.28. The highest BCUT2D eigenvalue weighted by atomic mass is 32.2. The van der Waals surface area contributed by atoms with Crippen LogP contribution in [0.4, 0.5) is 0 Å². The molecule has 2 nitrogen and oxygen atoms in total. The van der Waals surface area contributed by atoms with Gasteiger partial charge in [0, 0.05) is 37.5 Å². The zero-order chi connectivity index (χ0) is 9.10. The topological polar surface area (TPSA) is 15.3 Å². The highest BCUT2D eigenvalue weighted by Crippen LogP contribution is 2.22. The highest BCUT2D eigenvalue weighted by Gasteiger charge is 2.24. The molecule has 0 unspecified atom stereocenters. The van der Waals surface area contributed by atoms with Gasteiger partial charge in [0.25, 0.3) is 0 Å². The first kappa shape index (κ1) is 9.81. The van der Waals surface area contributed by atoms with Gasteiger partial charge in [-0.15, -0.1) is 0 Å². The first-order valence-corrected chi connectivity index (χ1v) is 6.57. The van der Waals surface area contributed by atoms with E-state index >= 15 is 0 Å². The number of rotatable bonds is 1. The number of nitrogens with zero attached hydrogens (tertiary/aromatic N) is 1. The molecule has 0 aromatic carbocycles. The van der Waals surface area contributed by atoms with E-state index < -0.39 is 0 Å². The number of hydrogen-bond acceptors (Lipinski definition) is 3. The Morgan fingerprint density at radius 1 is 1.46 bits per heavy atom. The van der Waals surface area contributed by atoms with E-state index in [-0.39, 0.29) is 0 Å². The molecule has 0 saturated carbocycles. The van der Waals surface area contributed by atoms with E-state index in [1.54, 1.807) is 0 Å². The molecule has 0 aromatic rings. The molecule has 0 radical (unpaired) electrons. The molecule has 2 fully saturated rings. The summed E-state index contributed by atoms with van der Waals surface area (Å²) < 4.78 is 0. The van der Waals surface area contributed by atoms with Crippen molar-refractivity contribution in [1.82, 2.24) is 10.2 Å². The third-order valence-corrected chi connectivity index (χ3v) is 4.25. The van der Waals surface area contributed by atoms with Crippen LogP contribution in [0.25, 0.3) is 0 Å². The average molecular weight is 200 g/mol. The van der Waals surface area contributed by atoms with Crippen molar-refractivity contribution in [3.63, 3.8) is 0 Å². The Morgan fingerprint density at radius 3 is 3.08 bits per heavy atom. The standard InChI is InChI=1S/C10H20N2S/c1-9-7-12(5-4-11-9)10-3-2-6-13-8-10/h9-11H,2-8H2,1H3/t9-,10+/m0/s1. The summed E-state index contributed by atoms with van der Waals surface area (Å²) in [6.45, 7) is 5.99. The Labute approximate surface area is 85.4 Å². The molecule has 0 bridgehead atoms. The van der Waals surface area contributed by atoms with Gasteiger partial charge in [0.15, 0.2) is 0 Å². The van der Waals surface area contributed by atoms with Crippen molar-refractivity contribution in [1.29, 1.82) is 0 Å². The van der Waals surface area contributed by atoms with Gasteiger partial charge in [0.2, 0.25) is 0 Å². The predicted molar refractivity (Wildman–Crippen MR) is 59.4 cm³/mol. The van der Waals surface area contributed by atoms with Crippen LogP contribution in [0.2, 0.25) is 0 Å². The lowest BCUT2D eigenvalue weighted by molar-refractivity contribution is 0.152. The monoisotopic (exact) mass is 200 g/mol. The number of piperazine rings is 1. The summed E-state index contributed by atoms with van der Waals surface area (Å²) in [5.74, 6) is 2.75. The van der Waals surface area contributed by atoms with Gasteiger partial charge in [-0.25, -0.2) is 0 Å². The maximum absolute atomic E-state index is 3.50. The van der Waals surface area contributed by atoms with Gasteiger partial charge in [0.1, 0.15) is 0 Å². The van der Waals surface area contributed by atoms with Crippen molar-refractivity contribution < 1.29 is 0 Å². The van der Waals surface area contributed by atoms with E-state index in [0.29, 0.717) is 6.04 Å². The molecule has 2 heterocycles. The quantitative estimate of drug-likeness (QED) is 0.684. The molecule has 2 rings (SSSR count). The van der Waals surface area contributed by atoms with E-state index in [1.165, 1.54) is 44.0 Å². The first-order chi connectivity index (χ1) is 6.36. The lowest BCUT2D eigenvalue weighted by Crippen LogP contribution is -2.53. The molecule has 2 saturated heterocycles. The van der Waals surface area contributed by atoms with Crippen LogP contribution in [0.5, 0.6) is 0 Å². The second-order valence-corrected chi connectivity index (χ2v) is 5.37. The molecule has 3 heteroatoms. The molecular weight excluding hydrogens is 180 g/mol. The number of thioether (sulfide) groups is 1. The van der Waals surface area contributed by atoms with Crippen molar-refractivity contribution in [2.24, 2.45) is 0 Å². The summed E-state index contributed by atoms with van der Waals surface area (Å²) in [6.07, 6.45) is 2.85. The van der Waals surface area contributed by atoms with Gasteiger partial charge in [-0.3, -0.25) is 4.90 Å². The zero-order valence-electron chi connectivity index (χ0n) is 8.46. The lowest BCUT2D eigenvalue weighted by Gasteiger charge is -2.39. The highest BCUT2D eigenvalue weighted by molar-refractivity contribution is 7.99. The Hall–Kier alpha value is 0.270. The second kappa shape index (κ2) is 4.67. The summed E-state index contributed by atoms with van der Waals surface area (Å²) in [4.78, 5) is 2.69. The maximum Gasteiger partial charge on any atom is 0.0187 e. The molecule has 2 atom stereocenters. The number of hydrogen-bond donors (Lipinski definition) is 1. The van der Waals surface area contributed by atoms with Crippen LogP contribution in [0.3, 0.4) is 0 Å². The molecule has 0 aliphatic carbocycles. The van der Waals surface area contributed by atoms with Crippen molar-refractivity contribution in [2.75, 3.05) is 31.1 Å². The van der Waals surface area contributed by atoms with Crippen molar-refractivity contribution in [3.05, 3.63) is 0 Å². The van der Waals surface area contributed by atoms with Crippen LogP contribution < -0.4 is 5.32 Å². The predicted octanol–water partition coefficient (Wildman–Crippen LogP) is 1.18. The Balaban J connectivity index is 1.83. The van der Waals surface area contributed by atoms with Crippen LogP contribution in [0.1, 0.15) is 19.8 Å². The lowest BCUT2D eigenvalue weighted by atomic mass is 10.1. The van der Waals surface area contributed by atoms with Crippen LogP contribution in [-0.4, -0.2) is 48.1 Å². The van der Waals surface area contributed by atoms with Gasteiger partial charge in [0.05, 0.1) is 0 Å². The molecule has 1 N–H and O–H groups in total. The first-order valence-electron chi connectivity index (χ1n) is 5.41. The third kappa shape index (κ3) is 2.61. The van der Waals surface area contributed by atoms with E-state index in [9.17, 15) is 0 Å². The normalized spacial score (nSPS) is 37.6. The molecule has 76 valence electrons. The Bertz CT molecular complexity index is 157. The van der Waals surface area contributed by atoms with Gasteiger partial charge in [-0.1, -0.05) is 0 Å². The van der Waals surface area contributed by atoms with E-state index in [0.717, 1.165) is 6.04 Å². The minimum Gasteiger partial charge on any atom is -0.312 e. The van der Waals surface area contributed by atoms with Gasteiger partial charge >= 0.3 is 0 Å². The third-order valence-electron chi connectivity index (χ3n) is 3.05. The molecule has 0 spiro atoms. The smallest absolute Gasteiger partial charge is 0.0187 e. The van der Waals surface area contributed by atoms with Crippen LogP contribution in [-0.2, 0) is 0 Å². The molecule has 0 aromatic heterocycles. The Kier molecular flexibility index (Phi) is 3.52. The molecule has 13 heavy (non-hydrogen) atoms. The minimum atomic E-state index is 0.695. The molecule has 2 aliphatic heterocycles. The largest absolute Gasteiger partial charge is 0.312 e.